The minimum atomic E-state index is -3.12. The van der Waals surface area contributed by atoms with Crippen LogP contribution < -0.4 is 4.90 Å². The van der Waals surface area contributed by atoms with Gasteiger partial charge in [0.2, 0.25) is 0 Å². The molecule has 0 saturated carbocycles. The molecule has 22 heavy (non-hydrogen) atoms. The van der Waals surface area contributed by atoms with Gasteiger partial charge in [-0.25, -0.2) is 8.42 Å². The molecule has 1 aliphatic heterocycles. The first-order valence-electron chi connectivity index (χ1n) is 6.75. The number of likely N-dealkylation sites (N-methyl/N-ethyl adjacent to an activating group) is 2. The van der Waals surface area contributed by atoms with Gasteiger partial charge in [0.05, 0.1) is 11.5 Å². The van der Waals surface area contributed by atoms with Crippen LogP contribution in [-0.4, -0.2) is 61.9 Å². The number of aromatic hydroxyl groups is 1. The van der Waals surface area contributed by atoms with Crippen LogP contribution in [0.4, 0.5) is 5.69 Å². The lowest BCUT2D eigenvalue weighted by atomic mass is 10.2. The van der Waals surface area contributed by atoms with Crippen molar-refractivity contribution >= 4 is 27.3 Å². The van der Waals surface area contributed by atoms with Gasteiger partial charge in [0, 0.05) is 25.8 Å². The molecule has 2 rings (SSSR count). The molecule has 1 aromatic rings. The second-order valence-corrected chi connectivity index (χ2v) is 7.58. The fourth-order valence-electron chi connectivity index (χ4n) is 2.33. The third-order valence-electron chi connectivity index (χ3n) is 3.80. The number of anilines is 1. The molecular formula is C14H18N2O5S. The van der Waals surface area contributed by atoms with E-state index in [1.807, 2.05) is 0 Å². The lowest BCUT2D eigenvalue weighted by Crippen LogP contribution is -2.46. The van der Waals surface area contributed by atoms with Crippen molar-refractivity contribution in [2.45, 2.75) is 12.5 Å². The highest BCUT2D eigenvalue weighted by atomic mass is 32.2. The van der Waals surface area contributed by atoms with Gasteiger partial charge in [0.25, 0.3) is 0 Å². The largest absolute Gasteiger partial charge is 0.508 e. The van der Waals surface area contributed by atoms with Crippen LogP contribution >= 0.6 is 0 Å². The van der Waals surface area contributed by atoms with Crippen LogP contribution in [0.3, 0.4) is 0 Å². The molecule has 2 amide bonds. The van der Waals surface area contributed by atoms with Crippen LogP contribution in [0.25, 0.3) is 0 Å². The Labute approximate surface area is 129 Å². The Kier molecular flexibility index (Phi) is 4.41. The minimum Gasteiger partial charge on any atom is -0.508 e. The molecule has 1 heterocycles. The molecule has 120 valence electrons. The van der Waals surface area contributed by atoms with E-state index < -0.39 is 27.7 Å². The molecule has 0 aliphatic carbocycles. The first-order chi connectivity index (χ1) is 10.2. The second-order valence-electron chi connectivity index (χ2n) is 5.35. The van der Waals surface area contributed by atoms with Crippen LogP contribution in [0, 0.1) is 0 Å². The molecule has 1 N–H and O–H groups in total. The molecule has 8 heteroatoms. The number of carbonyl (C=O) groups excluding carboxylic acids is 2. The van der Waals surface area contributed by atoms with Crippen molar-refractivity contribution in [3.8, 4) is 5.75 Å². The van der Waals surface area contributed by atoms with Crippen molar-refractivity contribution in [3.63, 3.8) is 0 Å². The van der Waals surface area contributed by atoms with Gasteiger partial charge in [-0.3, -0.25) is 9.59 Å². The number of rotatable bonds is 2. The third-order valence-corrected chi connectivity index (χ3v) is 5.55. The normalized spacial score (nSPS) is 19.6. The zero-order valence-electron chi connectivity index (χ0n) is 12.4. The summed E-state index contributed by atoms with van der Waals surface area (Å²) in [5.41, 5.74) is 0.462. The smallest absolute Gasteiger partial charge is 0.316 e. The van der Waals surface area contributed by atoms with E-state index in [4.69, 9.17) is 0 Å². The predicted octanol–water partition coefficient (Wildman–Crippen LogP) is 0.000500. The Bertz CT molecular complexity index is 684. The quantitative estimate of drug-likeness (QED) is 0.772. The van der Waals surface area contributed by atoms with E-state index in [9.17, 15) is 23.1 Å². The number of phenolic OH excluding ortho intramolecular Hbond substituents is 1. The second kappa shape index (κ2) is 5.96. The maximum absolute atomic E-state index is 12.2. The molecule has 7 nitrogen and oxygen atoms in total. The number of phenols is 1. The standard InChI is InChI=1S/C14H18N2O5S/c1-15(10-3-5-12(17)6-4-10)13(18)14(19)16(2)11-7-8-22(20,21)9-11/h3-6,11,17H,7-9H2,1-2H3. The summed E-state index contributed by atoms with van der Waals surface area (Å²) < 4.78 is 22.9. The van der Waals surface area contributed by atoms with E-state index >= 15 is 0 Å². The zero-order valence-corrected chi connectivity index (χ0v) is 13.2. The van der Waals surface area contributed by atoms with Gasteiger partial charge in [-0.15, -0.1) is 0 Å². The Hall–Kier alpha value is -2.09. The van der Waals surface area contributed by atoms with Crippen molar-refractivity contribution < 1.29 is 23.1 Å². The summed E-state index contributed by atoms with van der Waals surface area (Å²) in [6.07, 6.45) is 0.348. The Morgan fingerprint density at radius 1 is 1.14 bits per heavy atom. The highest BCUT2D eigenvalue weighted by Crippen LogP contribution is 2.20. The Balaban J connectivity index is 2.08. The highest BCUT2D eigenvalue weighted by molar-refractivity contribution is 7.91. The maximum Gasteiger partial charge on any atom is 0.316 e. The summed E-state index contributed by atoms with van der Waals surface area (Å²) in [5, 5.41) is 9.23. The highest BCUT2D eigenvalue weighted by Gasteiger charge is 2.35. The van der Waals surface area contributed by atoms with Crippen molar-refractivity contribution in [2.75, 3.05) is 30.5 Å². The average Bonchev–Trinajstić information content (AvgIpc) is 2.85. The van der Waals surface area contributed by atoms with Gasteiger partial charge in [0.15, 0.2) is 9.84 Å². The predicted molar refractivity (Wildman–Crippen MR) is 81.3 cm³/mol. The van der Waals surface area contributed by atoms with Crippen molar-refractivity contribution in [1.82, 2.24) is 4.90 Å². The summed E-state index contributed by atoms with van der Waals surface area (Å²) in [6, 6.07) is 5.39. The van der Waals surface area contributed by atoms with Gasteiger partial charge in [-0.1, -0.05) is 0 Å². The van der Waals surface area contributed by atoms with E-state index in [1.54, 1.807) is 0 Å². The number of sulfone groups is 1. The van der Waals surface area contributed by atoms with Crippen LogP contribution in [0.1, 0.15) is 6.42 Å². The van der Waals surface area contributed by atoms with Crippen LogP contribution in [-0.2, 0) is 19.4 Å². The summed E-state index contributed by atoms with van der Waals surface area (Å²) in [5.74, 6) is -1.51. The van der Waals surface area contributed by atoms with E-state index in [1.165, 1.54) is 48.2 Å². The molecule has 1 aromatic carbocycles. The molecular weight excluding hydrogens is 308 g/mol. The summed E-state index contributed by atoms with van der Waals surface area (Å²) in [6.45, 7) is 0. The molecule has 1 saturated heterocycles. The van der Waals surface area contributed by atoms with Gasteiger partial charge < -0.3 is 14.9 Å². The molecule has 1 aliphatic rings. The number of hydrogen-bond acceptors (Lipinski definition) is 5. The first kappa shape index (κ1) is 16.3. The Morgan fingerprint density at radius 3 is 2.23 bits per heavy atom. The zero-order chi connectivity index (χ0) is 16.5. The van der Waals surface area contributed by atoms with E-state index in [0.717, 1.165) is 0 Å². The molecule has 1 unspecified atom stereocenters. The van der Waals surface area contributed by atoms with Crippen molar-refractivity contribution in [2.24, 2.45) is 0 Å². The lowest BCUT2D eigenvalue weighted by Gasteiger charge is -2.25. The molecule has 0 aromatic heterocycles. The number of nitrogens with zero attached hydrogens (tertiary/aromatic N) is 2. The fourth-order valence-corrected chi connectivity index (χ4v) is 4.11. The van der Waals surface area contributed by atoms with Gasteiger partial charge in [-0.2, -0.15) is 0 Å². The maximum atomic E-state index is 12.2. The van der Waals surface area contributed by atoms with E-state index in [2.05, 4.69) is 0 Å². The summed E-state index contributed by atoms with van der Waals surface area (Å²) in [7, 11) is -0.232. The van der Waals surface area contributed by atoms with Gasteiger partial charge in [0.1, 0.15) is 5.75 Å². The van der Waals surface area contributed by atoms with Crippen molar-refractivity contribution in [1.29, 1.82) is 0 Å². The molecule has 0 spiro atoms. The first-order valence-corrected chi connectivity index (χ1v) is 8.58. The van der Waals surface area contributed by atoms with Crippen LogP contribution in [0.5, 0.6) is 5.75 Å². The topological polar surface area (TPSA) is 95.0 Å². The van der Waals surface area contributed by atoms with Gasteiger partial charge in [-0.05, 0) is 30.7 Å². The lowest BCUT2D eigenvalue weighted by molar-refractivity contribution is -0.144. The summed E-state index contributed by atoms with van der Waals surface area (Å²) >= 11 is 0. The molecule has 1 fully saturated rings. The van der Waals surface area contributed by atoms with Gasteiger partial charge >= 0.3 is 11.8 Å². The molecule has 1 atom stereocenters. The number of amides is 2. The SMILES string of the molecule is CN(C(=O)C(=O)N(C)C1CCS(=O)(=O)C1)c1ccc(O)cc1. The number of carbonyl (C=O) groups is 2. The molecule has 0 radical (unpaired) electrons. The summed E-state index contributed by atoms with van der Waals surface area (Å²) in [4.78, 5) is 26.8. The van der Waals surface area contributed by atoms with E-state index in [0.29, 0.717) is 12.1 Å². The third kappa shape index (κ3) is 3.38. The Morgan fingerprint density at radius 2 is 1.73 bits per heavy atom. The van der Waals surface area contributed by atoms with E-state index in [-0.39, 0.29) is 17.3 Å². The average molecular weight is 326 g/mol. The fraction of sp³-hybridized carbons (Fsp3) is 0.429. The van der Waals surface area contributed by atoms with Crippen LogP contribution in [0.15, 0.2) is 24.3 Å². The minimum absolute atomic E-state index is 0.0390. The number of hydrogen-bond donors (Lipinski definition) is 1. The monoisotopic (exact) mass is 326 g/mol. The van der Waals surface area contributed by atoms with Crippen LogP contribution in [0.2, 0.25) is 0 Å². The molecule has 0 bridgehead atoms. The van der Waals surface area contributed by atoms with Crippen molar-refractivity contribution in [3.05, 3.63) is 24.3 Å². The number of benzene rings is 1.